The second kappa shape index (κ2) is 14.5. The third-order valence-electron chi connectivity index (χ3n) is 8.49. The number of aliphatic hydroxyl groups is 1. The van der Waals surface area contributed by atoms with Crippen molar-refractivity contribution in [3.05, 3.63) is 100 Å². The van der Waals surface area contributed by atoms with Gasteiger partial charge in [-0.2, -0.15) is 26.3 Å². The van der Waals surface area contributed by atoms with Gasteiger partial charge in [0.25, 0.3) is 0 Å². The molecule has 0 bridgehead atoms. The fourth-order valence-corrected chi connectivity index (χ4v) is 7.45. The Bertz CT molecular complexity index is 1560. The molecule has 2 atom stereocenters. The summed E-state index contributed by atoms with van der Waals surface area (Å²) >= 11 is 1.13. The molecule has 14 heteroatoms. The SMILES string of the molecule is Cc1ccc(S[C@]2(C(=O)NCCN3CCOCC3)CC(=O)N(Cc3cc(C(F)(F)F)cc(C(F)(F)F)c3)[C@@H]2c2ccc(CO)cc2)cc1. The lowest BCUT2D eigenvalue weighted by atomic mass is 9.90. The number of hydrogen-bond acceptors (Lipinski definition) is 6. The molecule has 0 saturated carbocycles. The van der Waals surface area contributed by atoms with E-state index in [4.69, 9.17) is 4.74 Å². The number of aliphatic hydroxyl groups excluding tert-OH is 1. The first-order valence-corrected chi connectivity index (χ1v) is 16.1. The lowest BCUT2D eigenvalue weighted by Gasteiger charge is -2.37. The molecule has 2 fully saturated rings. The van der Waals surface area contributed by atoms with Crippen LogP contribution in [0.3, 0.4) is 0 Å². The van der Waals surface area contributed by atoms with Crippen molar-refractivity contribution in [2.45, 2.75) is 54.5 Å². The minimum atomic E-state index is -5.07. The van der Waals surface area contributed by atoms with E-state index in [1.807, 2.05) is 19.1 Å². The van der Waals surface area contributed by atoms with Crippen LogP contribution in [0.5, 0.6) is 0 Å². The average Bonchev–Trinajstić information content (AvgIpc) is 3.32. The summed E-state index contributed by atoms with van der Waals surface area (Å²) in [7, 11) is 0. The molecule has 0 aliphatic carbocycles. The van der Waals surface area contributed by atoms with Crippen molar-refractivity contribution in [3.8, 4) is 0 Å². The highest BCUT2D eigenvalue weighted by Gasteiger charge is 2.58. The zero-order valence-corrected chi connectivity index (χ0v) is 26.9. The van der Waals surface area contributed by atoms with Crippen molar-refractivity contribution in [1.29, 1.82) is 0 Å². The molecule has 3 aromatic carbocycles. The number of rotatable bonds is 10. The number of nitrogens with zero attached hydrogens (tertiary/aromatic N) is 2. The summed E-state index contributed by atoms with van der Waals surface area (Å²) < 4.78 is 86.4. The Morgan fingerprint density at radius 3 is 2.10 bits per heavy atom. The van der Waals surface area contributed by atoms with Crippen molar-refractivity contribution >= 4 is 23.6 Å². The summed E-state index contributed by atoms with van der Waals surface area (Å²) in [5.74, 6) is -1.10. The van der Waals surface area contributed by atoms with Gasteiger partial charge in [-0.15, -0.1) is 11.8 Å². The molecular weight excluding hydrogens is 660 g/mol. The van der Waals surface area contributed by atoms with Gasteiger partial charge in [0, 0.05) is 37.6 Å². The van der Waals surface area contributed by atoms with Gasteiger partial charge in [-0.05, 0) is 53.9 Å². The third-order valence-corrected chi connectivity index (χ3v) is 9.91. The van der Waals surface area contributed by atoms with Crippen molar-refractivity contribution in [3.63, 3.8) is 0 Å². The van der Waals surface area contributed by atoms with E-state index in [9.17, 15) is 41.0 Å². The molecule has 2 aliphatic heterocycles. The summed E-state index contributed by atoms with van der Waals surface area (Å²) in [6.45, 7) is 4.22. The highest BCUT2D eigenvalue weighted by atomic mass is 32.2. The summed E-state index contributed by atoms with van der Waals surface area (Å²) in [5, 5.41) is 12.6. The van der Waals surface area contributed by atoms with Crippen molar-refractivity contribution in [2.75, 3.05) is 39.4 Å². The number of thioether (sulfide) groups is 1. The minimum absolute atomic E-state index is 0.0415. The molecule has 2 aliphatic rings. The Labute approximate surface area is 278 Å². The van der Waals surface area contributed by atoms with Gasteiger partial charge >= 0.3 is 12.4 Å². The number of carbonyl (C=O) groups is 2. The largest absolute Gasteiger partial charge is 0.416 e. The van der Waals surface area contributed by atoms with Gasteiger partial charge in [0.1, 0.15) is 4.75 Å². The Morgan fingerprint density at radius 1 is 0.938 bits per heavy atom. The van der Waals surface area contributed by atoms with Gasteiger partial charge in [-0.25, -0.2) is 0 Å². The molecule has 0 unspecified atom stereocenters. The maximum atomic E-state index is 14.4. The number of morpholine rings is 1. The van der Waals surface area contributed by atoms with Crippen LogP contribution in [-0.2, 0) is 39.8 Å². The highest BCUT2D eigenvalue weighted by molar-refractivity contribution is 8.01. The van der Waals surface area contributed by atoms with Gasteiger partial charge in [-0.1, -0.05) is 42.0 Å². The molecule has 2 heterocycles. The van der Waals surface area contributed by atoms with Crippen LogP contribution in [0, 0.1) is 6.92 Å². The van der Waals surface area contributed by atoms with E-state index in [0.29, 0.717) is 61.0 Å². The van der Waals surface area contributed by atoms with E-state index in [-0.39, 0.29) is 31.2 Å². The van der Waals surface area contributed by atoms with Crippen LogP contribution in [0.25, 0.3) is 0 Å². The van der Waals surface area contributed by atoms with E-state index in [0.717, 1.165) is 17.3 Å². The molecule has 3 aromatic rings. The molecular formula is C34H35F6N3O4S. The maximum absolute atomic E-state index is 14.4. The number of ether oxygens (including phenoxy) is 1. The Balaban J connectivity index is 1.59. The smallest absolute Gasteiger partial charge is 0.392 e. The van der Waals surface area contributed by atoms with E-state index < -0.39 is 52.6 Å². The van der Waals surface area contributed by atoms with E-state index in [1.165, 1.54) is 4.90 Å². The van der Waals surface area contributed by atoms with Crippen LogP contribution in [0.2, 0.25) is 0 Å². The Kier molecular flexibility index (Phi) is 10.8. The average molecular weight is 696 g/mol. The third kappa shape index (κ3) is 8.16. The number of aryl methyl sites for hydroxylation is 1. The first-order valence-electron chi connectivity index (χ1n) is 15.3. The molecule has 0 aromatic heterocycles. The van der Waals surface area contributed by atoms with Crippen molar-refractivity contribution in [2.24, 2.45) is 0 Å². The number of nitrogens with one attached hydrogen (secondary N) is 1. The first kappa shape index (κ1) is 35.7. The second-order valence-corrected chi connectivity index (χ2v) is 13.3. The summed E-state index contributed by atoms with van der Waals surface area (Å²) in [4.78, 5) is 32.3. The summed E-state index contributed by atoms with van der Waals surface area (Å²) in [5.41, 5.74) is -1.45. The van der Waals surface area contributed by atoms with Crippen molar-refractivity contribution < 1.29 is 45.8 Å². The molecule has 258 valence electrons. The second-order valence-electron chi connectivity index (χ2n) is 11.9. The number of likely N-dealkylation sites (tertiary alicyclic amines) is 1. The van der Waals surface area contributed by atoms with Gasteiger partial charge in [0.05, 0.1) is 43.4 Å². The van der Waals surface area contributed by atoms with Crippen LogP contribution in [0.15, 0.2) is 71.6 Å². The number of carbonyl (C=O) groups excluding carboxylic acids is 2. The lowest BCUT2D eigenvalue weighted by Crippen LogP contribution is -2.50. The predicted octanol–water partition coefficient (Wildman–Crippen LogP) is 5.98. The van der Waals surface area contributed by atoms with Gasteiger partial charge in [0.2, 0.25) is 11.8 Å². The Hall–Kier alpha value is -3.59. The van der Waals surface area contributed by atoms with Gasteiger partial charge in [-0.3, -0.25) is 14.5 Å². The predicted molar refractivity (Wildman–Crippen MR) is 167 cm³/mol. The van der Waals surface area contributed by atoms with E-state index in [1.54, 1.807) is 36.4 Å². The minimum Gasteiger partial charge on any atom is -0.392 e. The quantitative estimate of drug-likeness (QED) is 0.254. The topological polar surface area (TPSA) is 82.1 Å². The van der Waals surface area contributed by atoms with Gasteiger partial charge < -0.3 is 20.1 Å². The molecule has 5 rings (SSSR count). The van der Waals surface area contributed by atoms with Gasteiger partial charge in [0.15, 0.2) is 0 Å². The van der Waals surface area contributed by atoms with Crippen LogP contribution in [0.1, 0.15) is 45.8 Å². The zero-order chi connectivity index (χ0) is 34.7. The highest BCUT2D eigenvalue weighted by Crippen LogP contribution is 2.53. The van der Waals surface area contributed by atoms with Crippen molar-refractivity contribution in [1.82, 2.24) is 15.1 Å². The molecule has 7 nitrogen and oxygen atoms in total. The standard InChI is InChI=1S/C34H35F6N3O4S/c1-22-2-8-28(9-3-22)48-32(31(46)41-10-11-42-12-14-47-15-13-42)19-29(45)43(30(32)25-6-4-23(21-44)5-7-25)20-24-16-26(33(35,36)37)18-27(17-24)34(38,39)40/h2-9,16-18,30,44H,10-15,19-21H2,1H3,(H,41,46)/t30-,32-/m1/s1. The first-order chi connectivity index (χ1) is 22.7. The summed E-state index contributed by atoms with van der Waals surface area (Å²) in [6, 6.07) is 13.8. The zero-order valence-electron chi connectivity index (χ0n) is 26.0. The van der Waals surface area contributed by atoms with E-state index >= 15 is 0 Å². The van der Waals surface area contributed by atoms with Crippen LogP contribution in [0.4, 0.5) is 26.3 Å². The number of hydrogen-bond donors (Lipinski definition) is 2. The summed E-state index contributed by atoms with van der Waals surface area (Å²) in [6.07, 6.45) is -10.5. The van der Waals surface area contributed by atoms with Crippen LogP contribution in [-0.4, -0.2) is 70.9 Å². The number of alkyl halides is 6. The Morgan fingerprint density at radius 2 is 1.54 bits per heavy atom. The molecule has 48 heavy (non-hydrogen) atoms. The fraction of sp³-hybridized carbons (Fsp3) is 0.412. The van der Waals surface area contributed by atoms with Crippen LogP contribution < -0.4 is 5.32 Å². The number of halogens is 6. The molecule has 2 saturated heterocycles. The number of benzene rings is 3. The number of amides is 2. The molecule has 0 radical (unpaired) electrons. The normalized spacial score (nSPS) is 20.7. The fourth-order valence-electron chi connectivity index (χ4n) is 6.02. The maximum Gasteiger partial charge on any atom is 0.416 e. The molecule has 0 spiro atoms. The molecule has 2 N–H and O–H groups in total. The van der Waals surface area contributed by atoms with E-state index in [2.05, 4.69) is 10.2 Å². The van der Waals surface area contributed by atoms with Crippen LogP contribution >= 0.6 is 11.8 Å². The lowest BCUT2D eigenvalue weighted by molar-refractivity contribution is -0.143. The monoisotopic (exact) mass is 695 g/mol. The molecule has 2 amide bonds.